The van der Waals surface area contributed by atoms with E-state index >= 15 is 0 Å². The molecule has 0 aliphatic carbocycles. The molecule has 2 atom stereocenters. The number of carbonyl (C=O) groups excluding carboxylic acids is 2. The number of ether oxygens (including phenoxy) is 1. The first-order valence-electron chi connectivity index (χ1n) is 11.8. The van der Waals surface area contributed by atoms with E-state index in [2.05, 4.69) is 14.8 Å². The lowest BCUT2D eigenvalue weighted by Gasteiger charge is -2.29. The molecule has 0 bridgehead atoms. The van der Waals surface area contributed by atoms with Gasteiger partial charge in [-0.05, 0) is 35.9 Å². The third-order valence-corrected chi connectivity index (χ3v) is 6.74. The predicted octanol–water partition coefficient (Wildman–Crippen LogP) is 4.53. The quantitative estimate of drug-likeness (QED) is 0.219. The van der Waals surface area contributed by atoms with Crippen LogP contribution in [0.25, 0.3) is 10.8 Å². The topological polar surface area (TPSA) is 159 Å². The number of phosphoric ester groups is 1. The summed E-state index contributed by atoms with van der Waals surface area (Å²) in [4.78, 5) is 48.5. The third-order valence-electron chi connectivity index (χ3n) is 5.83. The number of rotatable bonds is 12. The van der Waals surface area contributed by atoms with Gasteiger partial charge in [0, 0.05) is 25.1 Å². The molecule has 0 saturated carbocycles. The standard InChI is InChI=1S/C25H28ClFN3O8P.CH4/c1-30(23(32)10-9-16-7-4-8-21(27)24(16)26)19(12-20(31)15-38-39(34,35)36)14-37-25(33)29-22-11-17-5-2-3-6-18(17)13-28-22;/h2-8,11,13,19-20,31H,9-10,12,14-15H2,1H3,(H,28,29,33)(H2,34,35,36);1H4/t19-,20+;/m0./s1. The number of likely N-dealkylation sites (N-methyl/N-ethyl adjacent to an activating group) is 1. The predicted molar refractivity (Wildman–Crippen MR) is 148 cm³/mol. The molecule has 0 unspecified atom stereocenters. The molecule has 0 fully saturated rings. The maximum Gasteiger partial charge on any atom is 0.469 e. The van der Waals surface area contributed by atoms with Crippen molar-refractivity contribution in [1.29, 1.82) is 0 Å². The maximum atomic E-state index is 13.7. The van der Waals surface area contributed by atoms with Crippen LogP contribution in [0.2, 0.25) is 5.02 Å². The molecule has 4 N–H and O–H groups in total. The van der Waals surface area contributed by atoms with Crippen molar-refractivity contribution in [3.8, 4) is 0 Å². The van der Waals surface area contributed by atoms with Crippen LogP contribution < -0.4 is 5.32 Å². The summed E-state index contributed by atoms with van der Waals surface area (Å²) in [5, 5.41) is 14.4. The molecule has 218 valence electrons. The summed E-state index contributed by atoms with van der Waals surface area (Å²) >= 11 is 5.96. The van der Waals surface area contributed by atoms with Gasteiger partial charge in [0.1, 0.15) is 18.2 Å². The Morgan fingerprint density at radius 1 is 1.15 bits per heavy atom. The van der Waals surface area contributed by atoms with Gasteiger partial charge >= 0.3 is 13.9 Å². The number of nitrogens with one attached hydrogen (secondary N) is 1. The number of aliphatic hydroxyl groups excluding tert-OH is 1. The number of aryl methyl sites for hydroxylation is 1. The average molecular weight is 600 g/mol. The third kappa shape index (κ3) is 10.1. The van der Waals surface area contributed by atoms with Crippen molar-refractivity contribution >= 4 is 48.0 Å². The summed E-state index contributed by atoms with van der Waals surface area (Å²) < 4.78 is 34.3. The van der Waals surface area contributed by atoms with E-state index in [0.717, 1.165) is 10.8 Å². The number of hydrogen-bond acceptors (Lipinski definition) is 7. The minimum absolute atomic E-state index is 0. The van der Waals surface area contributed by atoms with Crippen LogP contribution in [-0.2, 0) is 25.0 Å². The second-order valence-corrected chi connectivity index (χ2v) is 10.3. The first-order valence-corrected chi connectivity index (χ1v) is 13.7. The zero-order valence-electron chi connectivity index (χ0n) is 20.9. The molecular weight excluding hydrogens is 568 g/mol. The zero-order chi connectivity index (χ0) is 28.6. The number of benzene rings is 2. The molecule has 2 amide bonds. The number of fused-ring (bicyclic) bond motifs is 1. The van der Waals surface area contributed by atoms with Gasteiger partial charge in [-0.3, -0.25) is 14.6 Å². The van der Waals surface area contributed by atoms with Gasteiger partial charge in [-0.2, -0.15) is 0 Å². The van der Waals surface area contributed by atoms with Crippen LogP contribution in [0.15, 0.2) is 54.7 Å². The number of aliphatic hydroxyl groups is 1. The Hall–Kier alpha value is -3.12. The molecule has 0 saturated heterocycles. The molecule has 3 rings (SSSR count). The minimum Gasteiger partial charge on any atom is -0.447 e. The number of halogens is 2. The summed E-state index contributed by atoms with van der Waals surface area (Å²) in [6, 6.07) is 12.4. The Labute approximate surface area is 236 Å². The lowest BCUT2D eigenvalue weighted by atomic mass is 10.1. The molecule has 40 heavy (non-hydrogen) atoms. The van der Waals surface area contributed by atoms with Crippen LogP contribution in [0.1, 0.15) is 25.8 Å². The average Bonchev–Trinajstić information content (AvgIpc) is 2.89. The lowest BCUT2D eigenvalue weighted by molar-refractivity contribution is -0.133. The highest BCUT2D eigenvalue weighted by Crippen LogP contribution is 2.36. The number of aromatic nitrogens is 1. The molecule has 0 aliphatic rings. The van der Waals surface area contributed by atoms with Crippen molar-refractivity contribution in [3.05, 3.63) is 71.1 Å². The number of pyridine rings is 1. The number of carbonyl (C=O) groups is 2. The van der Waals surface area contributed by atoms with Crippen molar-refractivity contribution in [2.45, 2.75) is 38.8 Å². The molecule has 0 spiro atoms. The van der Waals surface area contributed by atoms with E-state index in [1.807, 2.05) is 24.3 Å². The molecule has 1 aromatic heterocycles. The molecule has 3 aromatic rings. The highest BCUT2D eigenvalue weighted by atomic mass is 35.5. The van der Waals surface area contributed by atoms with Gasteiger partial charge in [0.05, 0.1) is 23.8 Å². The Bertz CT molecular complexity index is 1360. The van der Waals surface area contributed by atoms with Crippen molar-refractivity contribution in [3.63, 3.8) is 0 Å². The van der Waals surface area contributed by atoms with Crippen molar-refractivity contribution in [2.75, 3.05) is 25.6 Å². The van der Waals surface area contributed by atoms with Gasteiger partial charge in [0.15, 0.2) is 0 Å². The first-order chi connectivity index (χ1) is 18.4. The van der Waals surface area contributed by atoms with E-state index < -0.39 is 44.4 Å². The fourth-order valence-electron chi connectivity index (χ4n) is 3.73. The molecule has 2 aromatic carbocycles. The Kier molecular flexibility index (Phi) is 12.4. The second-order valence-electron chi connectivity index (χ2n) is 8.69. The van der Waals surface area contributed by atoms with E-state index in [0.29, 0.717) is 5.56 Å². The summed E-state index contributed by atoms with van der Waals surface area (Å²) in [6.45, 7) is -1.08. The van der Waals surface area contributed by atoms with Crippen LogP contribution >= 0.6 is 19.4 Å². The van der Waals surface area contributed by atoms with E-state index in [9.17, 15) is 23.7 Å². The van der Waals surface area contributed by atoms with Gasteiger partial charge in [0.25, 0.3) is 0 Å². The first kappa shape index (κ1) is 33.1. The van der Waals surface area contributed by atoms with Crippen LogP contribution in [0.3, 0.4) is 0 Å². The highest BCUT2D eigenvalue weighted by Gasteiger charge is 2.26. The van der Waals surface area contributed by atoms with Crippen LogP contribution in [0.4, 0.5) is 15.0 Å². The summed E-state index contributed by atoms with van der Waals surface area (Å²) in [5.41, 5.74) is 0.434. The fourth-order valence-corrected chi connectivity index (χ4v) is 4.32. The van der Waals surface area contributed by atoms with E-state index in [-0.39, 0.29) is 44.1 Å². The lowest BCUT2D eigenvalue weighted by Crippen LogP contribution is -2.43. The van der Waals surface area contributed by atoms with E-state index in [1.165, 1.54) is 24.1 Å². The summed E-state index contributed by atoms with van der Waals surface area (Å²) in [7, 11) is -3.41. The molecule has 11 nitrogen and oxygen atoms in total. The number of anilines is 1. The molecular formula is C26H32ClFN3O8P. The zero-order valence-corrected chi connectivity index (χ0v) is 22.5. The van der Waals surface area contributed by atoms with E-state index in [1.54, 1.807) is 18.3 Å². The largest absolute Gasteiger partial charge is 0.469 e. The number of amides is 2. The van der Waals surface area contributed by atoms with Crippen molar-refractivity contribution in [1.82, 2.24) is 9.88 Å². The molecule has 14 heteroatoms. The Morgan fingerprint density at radius 2 is 1.85 bits per heavy atom. The van der Waals surface area contributed by atoms with Crippen molar-refractivity contribution < 1.29 is 42.7 Å². The SMILES string of the molecule is C.CN(C(=O)CCc1cccc(F)c1Cl)[C@H](COC(=O)Nc1cc2ccccc2cn1)C[C@@H](O)COP(=O)(O)O. The van der Waals surface area contributed by atoms with Crippen LogP contribution in [-0.4, -0.2) is 69.2 Å². The smallest absolute Gasteiger partial charge is 0.447 e. The number of nitrogens with zero attached hydrogens (tertiary/aromatic N) is 2. The molecule has 0 radical (unpaired) electrons. The van der Waals surface area contributed by atoms with Gasteiger partial charge < -0.3 is 24.5 Å². The second kappa shape index (κ2) is 15.0. The van der Waals surface area contributed by atoms with E-state index in [4.69, 9.17) is 26.1 Å². The molecule has 1 heterocycles. The summed E-state index contributed by atoms with van der Waals surface area (Å²) in [5.74, 6) is -0.799. The monoisotopic (exact) mass is 599 g/mol. The van der Waals surface area contributed by atoms with Gasteiger partial charge in [-0.1, -0.05) is 55.4 Å². The van der Waals surface area contributed by atoms with Crippen molar-refractivity contribution in [2.24, 2.45) is 0 Å². The Balaban J connectivity index is 0.00000560. The van der Waals surface area contributed by atoms with Gasteiger partial charge in [-0.25, -0.2) is 18.7 Å². The van der Waals surface area contributed by atoms with Gasteiger partial charge in [0.2, 0.25) is 5.91 Å². The highest BCUT2D eigenvalue weighted by molar-refractivity contribution is 7.46. The molecule has 0 aliphatic heterocycles. The van der Waals surface area contributed by atoms with Gasteiger partial charge in [-0.15, -0.1) is 0 Å². The number of hydrogen-bond donors (Lipinski definition) is 4. The van der Waals surface area contributed by atoms with Crippen LogP contribution in [0, 0.1) is 5.82 Å². The fraction of sp³-hybridized carbons (Fsp3) is 0.346. The van der Waals surface area contributed by atoms with Crippen LogP contribution in [0.5, 0.6) is 0 Å². The normalized spacial score (nSPS) is 12.8. The summed E-state index contributed by atoms with van der Waals surface area (Å²) in [6.07, 6.45) is -0.850. The maximum absolute atomic E-state index is 13.7. The Morgan fingerprint density at radius 3 is 2.55 bits per heavy atom. The minimum atomic E-state index is -4.83. The number of phosphoric acid groups is 1.